The summed E-state index contributed by atoms with van der Waals surface area (Å²) in [6.07, 6.45) is 4.38. The van der Waals surface area contributed by atoms with Gasteiger partial charge in [0.15, 0.2) is 0 Å². The molecule has 0 radical (unpaired) electrons. The van der Waals surface area contributed by atoms with E-state index in [-0.39, 0.29) is 0 Å². The van der Waals surface area contributed by atoms with Crippen LogP contribution in [0, 0.1) is 6.92 Å². The second-order valence-electron chi connectivity index (χ2n) is 4.71. The Morgan fingerprint density at radius 3 is 2.81 bits per heavy atom. The van der Waals surface area contributed by atoms with Crippen LogP contribution in [-0.2, 0) is 0 Å². The molecule has 0 saturated heterocycles. The summed E-state index contributed by atoms with van der Waals surface area (Å²) >= 11 is 3.69. The molecule has 84 valence electrons. The first-order valence-electron chi connectivity index (χ1n) is 5.69. The van der Waals surface area contributed by atoms with Crippen LogP contribution in [0.1, 0.15) is 30.0 Å². The minimum Gasteiger partial charge on any atom is -0.328 e. The summed E-state index contributed by atoms with van der Waals surface area (Å²) in [4.78, 5) is 0. The number of nitrogens with two attached hydrogens (primary N) is 1. The van der Waals surface area contributed by atoms with E-state index in [1.54, 1.807) is 0 Å². The van der Waals surface area contributed by atoms with Gasteiger partial charge in [0.1, 0.15) is 0 Å². The number of hydrogen-bond acceptors (Lipinski definition) is 1. The number of nitrogens with zero attached hydrogens (tertiary/aromatic N) is 1. The van der Waals surface area contributed by atoms with E-state index >= 15 is 0 Å². The second kappa shape index (κ2) is 3.60. The molecular weight excluding hydrogens is 264 g/mol. The van der Waals surface area contributed by atoms with Crippen molar-refractivity contribution < 1.29 is 0 Å². The predicted octanol–water partition coefficient (Wildman–Crippen LogP) is 3.21. The summed E-state index contributed by atoms with van der Waals surface area (Å²) in [6.45, 7) is 2.19. The average molecular weight is 279 g/mol. The van der Waals surface area contributed by atoms with E-state index in [0.717, 1.165) is 12.8 Å². The summed E-state index contributed by atoms with van der Waals surface area (Å²) in [5.74, 6) is 0.635. The zero-order chi connectivity index (χ0) is 11.3. The monoisotopic (exact) mass is 278 g/mol. The van der Waals surface area contributed by atoms with Crippen molar-refractivity contribution in [1.82, 2.24) is 4.40 Å². The van der Waals surface area contributed by atoms with Crippen LogP contribution >= 0.6 is 15.9 Å². The molecule has 0 aliphatic heterocycles. The third kappa shape index (κ3) is 1.35. The fourth-order valence-corrected chi connectivity index (χ4v) is 3.23. The molecule has 0 spiro atoms. The van der Waals surface area contributed by atoms with E-state index in [1.807, 2.05) is 0 Å². The molecule has 2 aromatic rings. The molecule has 0 unspecified atom stereocenters. The van der Waals surface area contributed by atoms with Crippen LogP contribution in [0.4, 0.5) is 0 Å². The van der Waals surface area contributed by atoms with Crippen LogP contribution in [0.15, 0.2) is 28.9 Å². The molecule has 3 heteroatoms. The lowest BCUT2D eigenvalue weighted by Gasteiger charge is -2.33. The molecule has 2 nitrogen and oxygen atoms in total. The normalized spacial score (nSPS) is 24.7. The summed E-state index contributed by atoms with van der Waals surface area (Å²) in [6, 6.07) is 6.72. The average Bonchev–Trinajstić information content (AvgIpc) is 2.49. The molecule has 2 N–H and O–H groups in total. The highest BCUT2D eigenvalue weighted by atomic mass is 79.9. The van der Waals surface area contributed by atoms with Crippen LogP contribution in [-0.4, -0.2) is 10.4 Å². The van der Waals surface area contributed by atoms with E-state index in [2.05, 4.69) is 51.7 Å². The van der Waals surface area contributed by atoms with Gasteiger partial charge in [0.2, 0.25) is 0 Å². The maximum atomic E-state index is 5.89. The molecule has 1 aliphatic rings. The van der Waals surface area contributed by atoms with Crippen molar-refractivity contribution in [2.24, 2.45) is 5.73 Å². The van der Waals surface area contributed by atoms with Crippen LogP contribution in [0.3, 0.4) is 0 Å². The predicted molar refractivity (Wildman–Crippen MR) is 69.8 cm³/mol. The Kier molecular flexibility index (Phi) is 2.33. The highest BCUT2D eigenvalue weighted by Crippen LogP contribution is 2.41. The third-order valence-corrected chi connectivity index (χ3v) is 4.62. The van der Waals surface area contributed by atoms with E-state index in [4.69, 9.17) is 5.73 Å². The van der Waals surface area contributed by atoms with Gasteiger partial charge in [-0.3, -0.25) is 0 Å². The quantitative estimate of drug-likeness (QED) is 0.853. The minimum atomic E-state index is 0.400. The van der Waals surface area contributed by atoms with Gasteiger partial charge in [0.05, 0.1) is 5.52 Å². The molecule has 1 saturated carbocycles. The zero-order valence-corrected chi connectivity index (χ0v) is 10.9. The lowest BCUT2D eigenvalue weighted by Crippen LogP contribution is -2.35. The molecule has 16 heavy (non-hydrogen) atoms. The fraction of sp³-hybridized carbons (Fsp3) is 0.385. The summed E-state index contributed by atoms with van der Waals surface area (Å²) < 4.78 is 3.53. The van der Waals surface area contributed by atoms with Gasteiger partial charge in [-0.15, -0.1) is 0 Å². The van der Waals surface area contributed by atoms with E-state index in [1.165, 1.54) is 21.2 Å². The van der Waals surface area contributed by atoms with Crippen LogP contribution in [0.5, 0.6) is 0 Å². The van der Waals surface area contributed by atoms with Gasteiger partial charge in [-0.1, -0.05) is 6.07 Å². The highest BCUT2D eigenvalue weighted by Gasteiger charge is 2.31. The van der Waals surface area contributed by atoms with Crippen LogP contribution < -0.4 is 5.73 Å². The molecule has 0 atom stereocenters. The van der Waals surface area contributed by atoms with Gasteiger partial charge < -0.3 is 10.1 Å². The molecule has 1 fully saturated rings. The largest absolute Gasteiger partial charge is 0.328 e. The standard InChI is InChI=1S/C13H15BrN2/c1-8-12(14)11-4-2-3-5-16(11)13(8)9-6-10(15)7-9/h2-5,9-10H,6-7,15H2,1H3. The van der Waals surface area contributed by atoms with Crippen molar-refractivity contribution in [2.75, 3.05) is 0 Å². The molecular formula is C13H15BrN2. The van der Waals surface area contributed by atoms with Gasteiger partial charge in [-0.2, -0.15) is 0 Å². The molecule has 0 amide bonds. The molecule has 2 aromatic heterocycles. The lowest BCUT2D eigenvalue weighted by atomic mass is 9.78. The Balaban J connectivity index is 2.19. The number of halogens is 1. The summed E-state index contributed by atoms with van der Waals surface area (Å²) in [5.41, 5.74) is 9.94. The number of fused-ring (bicyclic) bond motifs is 1. The van der Waals surface area contributed by atoms with Crippen molar-refractivity contribution >= 4 is 21.4 Å². The first kappa shape index (κ1) is 10.4. The van der Waals surface area contributed by atoms with Gasteiger partial charge >= 0.3 is 0 Å². The second-order valence-corrected chi connectivity index (χ2v) is 5.50. The smallest absolute Gasteiger partial charge is 0.0597 e. The van der Waals surface area contributed by atoms with Crippen LogP contribution in [0.25, 0.3) is 5.52 Å². The Morgan fingerprint density at radius 2 is 2.12 bits per heavy atom. The molecule has 3 rings (SSSR count). The minimum absolute atomic E-state index is 0.400. The number of aromatic nitrogens is 1. The molecule has 0 bridgehead atoms. The number of hydrogen-bond donors (Lipinski definition) is 1. The van der Waals surface area contributed by atoms with Crippen molar-refractivity contribution in [3.05, 3.63) is 40.1 Å². The Labute approximate surface area is 104 Å². The van der Waals surface area contributed by atoms with Crippen molar-refractivity contribution in [3.8, 4) is 0 Å². The van der Waals surface area contributed by atoms with E-state index < -0.39 is 0 Å². The topological polar surface area (TPSA) is 30.4 Å². The van der Waals surface area contributed by atoms with Crippen molar-refractivity contribution in [1.29, 1.82) is 0 Å². The summed E-state index contributed by atoms with van der Waals surface area (Å²) in [5, 5.41) is 0. The van der Waals surface area contributed by atoms with Crippen molar-refractivity contribution in [2.45, 2.75) is 31.7 Å². The molecule has 2 heterocycles. The lowest BCUT2D eigenvalue weighted by molar-refractivity contribution is 0.343. The van der Waals surface area contributed by atoms with Crippen LogP contribution in [0.2, 0.25) is 0 Å². The van der Waals surface area contributed by atoms with Gasteiger partial charge in [0.25, 0.3) is 0 Å². The van der Waals surface area contributed by atoms with E-state index in [9.17, 15) is 0 Å². The SMILES string of the molecule is Cc1c(Br)c2ccccn2c1C1CC(N)C1. The third-order valence-electron chi connectivity index (χ3n) is 3.62. The molecule has 1 aliphatic carbocycles. The fourth-order valence-electron chi connectivity index (χ4n) is 2.71. The zero-order valence-electron chi connectivity index (χ0n) is 9.28. The van der Waals surface area contributed by atoms with Gasteiger partial charge in [-0.25, -0.2) is 0 Å². The van der Waals surface area contributed by atoms with Gasteiger partial charge in [-0.05, 0) is 53.4 Å². The Morgan fingerprint density at radius 1 is 1.38 bits per heavy atom. The first-order chi connectivity index (χ1) is 7.68. The Hall–Kier alpha value is -0.800. The maximum Gasteiger partial charge on any atom is 0.0597 e. The number of pyridine rings is 1. The highest BCUT2D eigenvalue weighted by molar-refractivity contribution is 9.10. The number of rotatable bonds is 1. The van der Waals surface area contributed by atoms with Crippen molar-refractivity contribution in [3.63, 3.8) is 0 Å². The first-order valence-corrected chi connectivity index (χ1v) is 6.48. The van der Waals surface area contributed by atoms with E-state index in [0.29, 0.717) is 12.0 Å². The Bertz CT molecular complexity index is 538. The van der Waals surface area contributed by atoms with Gasteiger partial charge in [0, 0.05) is 28.3 Å². The maximum absolute atomic E-state index is 5.89. The molecule has 0 aromatic carbocycles. The summed E-state index contributed by atoms with van der Waals surface area (Å²) in [7, 11) is 0.